The summed E-state index contributed by atoms with van der Waals surface area (Å²) in [5.74, 6) is 0.748. The van der Waals surface area contributed by atoms with Gasteiger partial charge in [0, 0.05) is 36.5 Å². The van der Waals surface area contributed by atoms with Crippen LogP contribution in [0.5, 0.6) is 5.75 Å². The predicted molar refractivity (Wildman–Crippen MR) is 101 cm³/mol. The molecule has 2 heterocycles. The minimum atomic E-state index is -0.605. The summed E-state index contributed by atoms with van der Waals surface area (Å²) in [6.45, 7) is 1.17. The van der Waals surface area contributed by atoms with Gasteiger partial charge in [0.2, 0.25) is 5.91 Å². The minimum Gasteiger partial charge on any atom is -0.497 e. The smallest absolute Gasteiger partial charge is 0.336 e. The predicted octanol–water partition coefficient (Wildman–Crippen LogP) is 2.50. The van der Waals surface area contributed by atoms with Crippen molar-refractivity contribution in [3.05, 3.63) is 40.2 Å². The molecule has 0 bridgehead atoms. The molecule has 27 heavy (non-hydrogen) atoms. The first-order chi connectivity index (χ1) is 13.0. The number of methoxy groups -OCH3 is 1. The number of hydrogen-bond acceptors (Lipinski definition) is 5. The number of ether oxygens (including phenoxy) is 1. The lowest BCUT2D eigenvalue weighted by Crippen LogP contribution is -2.54. The molecule has 2 atom stereocenters. The summed E-state index contributed by atoms with van der Waals surface area (Å²) in [4.78, 5) is 26.7. The van der Waals surface area contributed by atoms with Crippen molar-refractivity contribution < 1.29 is 19.1 Å². The first-order valence-corrected chi connectivity index (χ1v) is 9.59. The number of benzene rings is 1. The minimum absolute atomic E-state index is 0.00894. The zero-order valence-corrected chi connectivity index (χ0v) is 15.6. The van der Waals surface area contributed by atoms with Crippen LogP contribution in [0.1, 0.15) is 37.7 Å². The summed E-state index contributed by atoms with van der Waals surface area (Å²) in [6.07, 6.45) is 4.78. The Morgan fingerprint density at radius 2 is 2.19 bits per heavy atom. The average molecular weight is 371 g/mol. The third kappa shape index (κ3) is 3.46. The van der Waals surface area contributed by atoms with E-state index in [0.717, 1.165) is 31.1 Å². The Bertz CT molecular complexity index is 920. The van der Waals surface area contributed by atoms with Gasteiger partial charge < -0.3 is 19.2 Å². The van der Waals surface area contributed by atoms with E-state index in [-0.39, 0.29) is 18.2 Å². The summed E-state index contributed by atoms with van der Waals surface area (Å²) < 4.78 is 10.4. The van der Waals surface area contributed by atoms with Crippen LogP contribution in [0.25, 0.3) is 11.0 Å². The van der Waals surface area contributed by atoms with E-state index in [2.05, 4.69) is 0 Å². The van der Waals surface area contributed by atoms with Crippen LogP contribution in [0, 0.1) is 5.92 Å². The van der Waals surface area contributed by atoms with Gasteiger partial charge in [-0.3, -0.25) is 4.79 Å². The van der Waals surface area contributed by atoms with E-state index < -0.39 is 11.2 Å². The third-order valence-corrected chi connectivity index (χ3v) is 6.16. The molecule has 1 aromatic heterocycles. The highest BCUT2D eigenvalue weighted by Gasteiger charge is 2.43. The third-order valence-electron chi connectivity index (χ3n) is 6.16. The number of carbonyl (C=O) groups excluding carboxylic acids is 1. The van der Waals surface area contributed by atoms with E-state index in [0.29, 0.717) is 36.4 Å². The average Bonchev–Trinajstić information content (AvgIpc) is 2.66. The van der Waals surface area contributed by atoms with Gasteiger partial charge >= 0.3 is 5.63 Å². The highest BCUT2D eigenvalue weighted by Crippen LogP contribution is 2.39. The molecule has 6 nitrogen and oxygen atoms in total. The van der Waals surface area contributed by atoms with Crippen molar-refractivity contribution in [2.75, 3.05) is 20.2 Å². The molecule has 144 valence electrons. The Labute approximate surface area is 157 Å². The monoisotopic (exact) mass is 371 g/mol. The van der Waals surface area contributed by atoms with Crippen molar-refractivity contribution in [3.8, 4) is 5.75 Å². The number of fused-ring (bicyclic) bond motifs is 2. The van der Waals surface area contributed by atoms with Crippen LogP contribution in [0.15, 0.2) is 33.5 Å². The molecule has 1 aromatic carbocycles. The normalized spacial score (nSPS) is 25.3. The second-order valence-corrected chi connectivity index (χ2v) is 7.77. The maximum Gasteiger partial charge on any atom is 0.336 e. The highest BCUT2D eigenvalue weighted by molar-refractivity contribution is 5.87. The number of hydrogen-bond donors (Lipinski definition) is 1. The summed E-state index contributed by atoms with van der Waals surface area (Å²) in [7, 11) is 1.55. The molecule has 2 unspecified atom stereocenters. The number of piperidine rings is 1. The zero-order chi connectivity index (χ0) is 19.0. The molecule has 2 fully saturated rings. The first kappa shape index (κ1) is 18.0. The summed E-state index contributed by atoms with van der Waals surface area (Å²) in [5, 5.41) is 11.5. The standard InChI is InChI=1S/C21H25NO5/c1-26-16-5-6-17-14(11-20(24)27-18(17)12-16)10-19(23)22-9-8-21(25)7-3-2-4-15(21)13-22/h5-6,11-12,15,25H,2-4,7-10,13H2,1H3. The quantitative estimate of drug-likeness (QED) is 0.839. The number of carbonyl (C=O) groups is 1. The van der Waals surface area contributed by atoms with Crippen LogP contribution in [0.4, 0.5) is 0 Å². The molecule has 0 spiro atoms. The van der Waals surface area contributed by atoms with Crippen molar-refractivity contribution in [3.63, 3.8) is 0 Å². The van der Waals surface area contributed by atoms with Crippen molar-refractivity contribution >= 4 is 16.9 Å². The van der Waals surface area contributed by atoms with Crippen LogP contribution in [-0.4, -0.2) is 41.7 Å². The van der Waals surface area contributed by atoms with Crippen molar-refractivity contribution in [1.82, 2.24) is 4.90 Å². The number of rotatable bonds is 3. The summed E-state index contributed by atoms with van der Waals surface area (Å²) in [5.41, 5.74) is 0.00807. The number of nitrogens with zero attached hydrogens (tertiary/aromatic N) is 1. The summed E-state index contributed by atoms with van der Waals surface area (Å²) in [6, 6.07) is 6.66. The molecule has 1 N–H and O–H groups in total. The maximum atomic E-state index is 12.9. The number of aliphatic hydroxyl groups is 1. The first-order valence-electron chi connectivity index (χ1n) is 9.59. The Hall–Kier alpha value is -2.34. The van der Waals surface area contributed by atoms with Crippen molar-refractivity contribution in [2.45, 2.75) is 44.1 Å². The fourth-order valence-electron chi connectivity index (χ4n) is 4.56. The van der Waals surface area contributed by atoms with Gasteiger partial charge in [0.1, 0.15) is 11.3 Å². The molecule has 0 radical (unpaired) electrons. The molecular weight excluding hydrogens is 346 g/mol. The second kappa shape index (κ2) is 7.00. The van der Waals surface area contributed by atoms with Gasteiger partial charge in [-0.25, -0.2) is 4.79 Å². The Morgan fingerprint density at radius 3 is 3.00 bits per heavy atom. The van der Waals surface area contributed by atoms with Crippen LogP contribution in [0.2, 0.25) is 0 Å². The lowest BCUT2D eigenvalue weighted by Gasteiger charge is -2.47. The van der Waals surface area contributed by atoms with Gasteiger partial charge in [-0.2, -0.15) is 0 Å². The Balaban J connectivity index is 1.55. The van der Waals surface area contributed by atoms with E-state index in [1.54, 1.807) is 19.2 Å². The van der Waals surface area contributed by atoms with Gasteiger partial charge in [0.25, 0.3) is 0 Å². The van der Waals surface area contributed by atoms with E-state index in [1.807, 2.05) is 11.0 Å². The van der Waals surface area contributed by atoms with Gasteiger partial charge in [0.15, 0.2) is 0 Å². The van der Waals surface area contributed by atoms with E-state index in [1.165, 1.54) is 6.07 Å². The lowest BCUT2D eigenvalue weighted by atomic mass is 9.71. The molecule has 4 rings (SSSR count). The second-order valence-electron chi connectivity index (χ2n) is 7.77. The van der Waals surface area contributed by atoms with Crippen LogP contribution in [-0.2, 0) is 11.2 Å². The van der Waals surface area contributed by atoms with E-state index in [4.69, 9.17) is 9.15 Å². The summed E-state index contributed by atoms with van der Waals surface area (Å²) >= 11 is 0. The molecule has 2 aliphatic rings. The van der Waals surface area contributed by atoms with E-state index in [9.17, 15) is 14.7 Å². The molecular formula is C21H25NO5. The highest BCUT2D eigenvalue weighted by atomic mass is 16.5. The lowest BCUT2D eigenvalue weighted by molar-refractivity contribution is -0.142. The van der Waals surface area contributed by atoms with E-state index >= 15 is 0 Å². The molecule has 1 aliphatic heterocycles. The Morgan fingerprint density at radius 1 is 1.33 bits per heavy atom. The molecule has 1 saturated heterocycles. The van der Waals surface area contributed by atoms with Crippen LogP contribution >= 0.6 is 0 Å². The molecule has 6 heteroatoms. The van der Waals surface area contributed by atoms with Crippen molar-refractivity contribution in [1.29, 1.82) is 0 Å². The largest absolute Gasteiger partial charge is 0.497 e. The topological polar surface area (TPSA) is 80.0 Å². The fourth-order valence-corrected chi connectivity index (χ4v) is 4.56. The van der Waals surface area contributed by atoms with Crippen LogP contribution < -0.4 is 10.4 Å². The maximum absolute atomic E-state index is 12.9. The fraction of sp³-hybridized carbons (Fsp3) is 0.524. The van der Waals surface area contributed by atoms with Crippen LogP contribution in [0.3, 0.4) is 0 Å². The van der Waals surface area contributed by atoms with Crippen molar-refractivity contribution in [2.24, 2.45) is 5.92 Å². The van der Waals surface area contributed by atoms with Gasteiger partial charge in [-0.05, 0) is 37.0 Å². The van der Waals surface area contributed by atoms with Gasteiger partial charge in [-0.15, -0.1) is 0 Å². The SMILES string of the molecule is COc1ccc2c(CC(=O)N3CCC4(O)CCCCC4C3)cc(=O)oc2c1. The molecule has 2 aromatic rings. The molecule has 1 aliphatic carbocycles. The Kier molecular flexibility index (Phi) is 4.68. The van der Waals surface area contributed by atoms with Gasteiger partial charge in [-0.1, -0.05) is 12.8 Å². The molecule has 1 saturated carbocycles. The molecule has 1 amide bonds. The number of likely N-dealkylation sites (tertiary alicyclic amines) is 1. The van der Waals surface area contributed by atoms with Gasteiger partial charge in [0.05, 0.1) is 19.1 Å². The zero-order valence-electron chi connectivity index (χ0n) is 15.6. The number of amides is 1.